The van der Waals surface area contributed by atoms with Gasteiger partial charge in [-0.05, 0) is 30.4 Å². The topological polar surface area (TPSA) is 81.8 Å². The van der Waals surface area contributed by atoms with Gasteiger partial charge in [-0.15, -0.1) is 11.3 Å². The number of thiophene rings is 1. The Balaban J connectivity index is 1.35. The molecule has 0 aromatic carbocycles. The predicted octanol–water partition coefficient (Wildman–Crippen LogP) is 1.09. The van der Waals surface area contributed by atoms with E-state index in [2.05, 4.69) is 10.00 Å². The first-order chi connectivity index (χ1) is 12.7. The second kappa shape index (κ2) is 7.48. The van der Waals surface area contributed by atoms with E-state index in [9.17, 15) is 9.90 Å². The summed E-state index contributed by atoms with van der Waals surface area (Å²) in [7, 11) is 0. The normalized spacial score (nSPS) is 20.2. The van der Waals surface area contributed by atoms with Crippen molar-refractivity contribution in [2.45, 2.75) is 38.1 Å². The average Bonchev–Trinajstić information content (AvgIpc) is 3.36. The van der Waals surface area contributed by atoms with Gasteiger partial charge < -0.3 is 15.1 Å². The first-order valence-corrected chi connectivity index (χ1v) is 9.96. The maximum absolute atomic E-state index is 12.5. The minimum absolute atomic E-state index is 0.151. The molecule has 4 rings (SSSR count). The fraction of sp³-hybridized carbons (Fsp3) is 0.556. The number of carbonyl (C=O) groups is 1. The van der Waals surface area contributed by atoms with E-state index in [1.807, 2.05) is 33.2 Å². The number of hydrogen-bond acceptors (Lipinski definition) is 6. The van der Waals surface area contributed by atoms with Crippen LogP contribution in [0.5, 0.6) is 0 Å². The third-order valence-corrected chi connectivity index (χ3v) is 6.22. The Morgan fingerprint density at radius 1 is 1.31 bits per heavy atom. The van der Waals surface area contributed by atoms with Gasteiger partial charge in [-0.1, -0.05) is 6.07 Å². The van der Waals surface area contributed by atoms with Crippen molar-refractivity contribution in [3.05, 3.63) is 39.8 Å². The van der Waals surface area contributed by atoms with Crippen LogP contribution in [0.1, 0.15) is 40.0 Å². The van der Waals surface area contributed by atoms with Crippen LogP contribution >= 0.6 is 11.3 Å². The minimum atomic E-state index is -0.909. The van der Waals surface area contributed by atoms with Gasteiger partial charge in [0.15, 0.2) is 0 Å². The van der Waals surface area contributed by atoms with Crippen molar-refractivity contribution < 1.29 is 15.0 Å². The van der Waals surface area contributed by atoms with Crippen LogP contribution in [0.15, 0.2) is 23.6 Å². The van der Waals surface area contributed by atoms with Crippen LogP contribution in [0.4, 0.5) is 0 Å². The van der Waals surface area contributed by atoms with Crippen LogP contribution in [0, 0.1) is 0 Å². The molecule has 0 saturated carbocycles. The van der Waals surface area contributed by atoms with Crippen molar-refractivity contribution in [3.8, 4) is 0 Å². The lowest BCUT2D eigenvalue weighted by Crippen LogP contribution is -2.48. The molecule has 2 aromatic rings. The molecule has 0 unspecified atom stereocenters. The smallest absolute Gasteiger partial charge is 0.263 e. The fourth-order valence-corrected chi connectivity index (χ4v) is 4.56. The zero-order chi connectivity index (χ0) is 18.1. The van der Waals surface area contributed by atoms with Crippen molar-refractivity contribution in [3.63, 3.8) is 0 Å². The van der Waals surface area contributed by atoms with Gasteiger partial charge in [0.05, 0.1) is 29.4 Å². The number of likely N-dealkylation sites (tertiary alicyclic amines) is 1. The first kappa shape index (κ1) is 17.7. The summed E-state index contributed by atoms with van der Waals surface area (Å²) in [6.45, 7) is 3.80. The van der Waals surface area contributed by atoms with Gasteiger partial charge in [0.25, 0.3) is 5.91 Å². The highest BCUT2D eigenvalue weighted by atomic mass is 32.1. The van der Waals surface area contributed by atoms with E-state index >= 15 is 0 Å². The van der Waals surface area contributed by atoms with Gasteiger partial charge in [0, 0.05) is 32.2 Å². The van der Waals surface area contributed by atoms with Gasteiger partial charge in [0.2, 0.25) is 0 Å². The molecule has 2 N–H and O–H groups in total. The number of nitrogens with zero attached hydrogens (tertiary/aromatic N) is 4. The van der Waals surface area contributed by atoms with Crippen molar-refractivity contribution >= 4 is 17.2 Å². The van der Waals surface area contributed by atoms with Crippen LogP contribution in [0.2, 0.25) is 0 Å². The average molecular weight is 376 g/mol. The van der Waals surface area contributed by atoms with E-state index in [-0.39, 0.29) is 12.5 Å². The number of aliphatic hydroxyl groups excluding tert-OH is 2. The third-order valence-electron chi connectivity index (χ3n) is 5.36. The zero-order valence-corrected chi connectivity index (χ0v) is 15.4. The standard InChI is InChI=1S/C18H24N4O3S/c23-12-16(24)15-10-14-11-21(7-8-22(14)19-15)13-3-5-20(6-4-13)18(25)17-2-1-9-26-17/h1-2,9-10,13,16,23-24H,3-8,11-12H2/t16-/m0/s1. The lowest BCUT2D eigenvalue weighted by Gasteiger charge is -2.40. The molecule has 1 fully saturated rings. The van der Waals surface area contributed by atoms with Gasteiger partial charge in [-0.2, -0.15) is 5.10 Å². The number of aromatic nitrogens is 2. The highest BCUT2D eigenvalue weighted by Gasteiger charge is 2.30. The molecule has 8 heteroatoms. The Morgan fingerprint density at radius 3 is 2.81 bits per heavy atom. The number of carbonyl (C=O) groups excluding carboxylic acids is 1. The number of hydrogen-bond donors (Lipinski definition) is 2. The van der Waals surface area contributed by atoms with E-state index in [0.29, 0.717) is 11.7 Å². The minimum Gasteiger partial charge on any atom is -0.393 e. The van der Waals surface area contributed by atoms with Crippen LogP contribution in [-0.4, -0.2) is 68.0 Å². The Hall–Kier alpha value is -1.74. The van der Waals surface area contributed by atoms with Crippen LogP contribution < -0.4 is 0 Å². The third kappa shape index (κ3) is 3.42. The lowest BCUT2D eigenvalue weighted by molar-refractivity contribution is 0.0572. The number of aliphatic hydroxyl groups is 2. The Kier molecular flexibility index (Phi) is 5.08. The van der Waals surface area contributed by atoms with Crippen molar-refractivity contribution in [1.82, 2.24) is 19.6 Å². The van der Waals surface area contributed by atoms with Crippen molar-refractivity contribution in [1.29, 1.82) is 0 Å². The summed E-state index contributed by atoms with van der Waals surface area (Å²) in [4.78, 5) is 17.7. The fourth-order valence-electron chi connectivity index (χ4n) is 3.87. The largest absolute Gasteiger partial charge is 0.393 e. The molecule has 2 aliphatic heterocycles. The number of fused-ring (bicyclic) bond motifs is 1. The molecule has 0 aliphatic carbocycles. The van der Waals surface area contributed by atoms with Gasteiger partial charge >= 0.3 is 0 Å². The molecule has 7 nitrogen and oxygen atoms in total. The summed E-state index contributed by atoms with van der Waals surface area (Å²) in [5.41, 5.74) is 1.62. The molecule has 2 aliphatic rings. The molecule has 140 valence electrons. The second-order valence-electron chi connectivity index (χ2n) is 6.95. The molecule has 4 heterocycles. The van der Waals surface area contributed by atoms with E-state index in [0.717, 1.165) is 56.1 Å². The van der Waals surface area contributed by atoms with Crippen molar-refractivity contribution in [2.24, 2.45) is 0 Å². The van der Waals surface area contributed by atoms with Crippen LogP contribution in [0.3, 0.4) is 0 Å². The first-order valence-electron chi connectivity index (χ1n) is 9.08. The SMILES string of the molecule is O=C(c1cccs1)N1CCC(N2CCn3nc([C@@H](O)CO)cc3C2)CC1. The maximum Gasteiger partial charge on any atom is 0.263 e. The molecular formula is C18H24N4O3S. The Bertz CT molecular complexity index is 753. The summed E-state index contributed by atoms with van der Waals surface area (Å²) in [6.07, 6.45) is 1.06. The highest BCUT2D eigenvalue weighted by molar-refractivity contribution is 7.12. The maximum atomic E-state index is 12.5. The van der Waals surface area contributed by atoms with Crippen LogP contribution in [0.25, 0.3) is 0 Å². The monoisotopic (exact) mass is 376 g/mol. The molecule has 0 bridgehead atoms. The zero-order valence-electron chi connectivity index (χ0n) is 14.6. The van der Waals surface area contributed by atoms with E-state index in [4.69, 9.17) is 5.11 Å². The molecule has 1 amide bonds. The summed E-state index contributed by atoms with van der Waals surface area (Å²) in [5.74, 6) is 0.151. The number of amides is 1. The molecular weight excluding hydrogens is 352 g/mol. The second-order valence-corrected chi connectivity index (χ2v) is 7.90. The van der Waals surface area contributed by atoms with Gasteiger partial charge in [0.1, 0.15) is 6.10 Å². The quantitative estimate of drug-likeness (QED) is 0.835. The number of piperidine rings is 1. The molecule has 2 aromatic heterocycles. The van der Waals surface area contributed by atoms with Crippen LogP contribution in [-0.2, 0) is 13.1 Å². The molecule has 0 radical (unpaired) electrons. The van der Waals surface area contributed by atoms with Gasteiger partial charge in [-0.25, -0.2) is 0 Å². The lowest BCUT2D eigenvalue weighted by atomic mass is 10.0. The summed E-state index contributed by atoms with van der Waals surface area (Å²) in [6, 6.07) is 6.17. The van der Waals surface area contributed by atoms with Crippen molar-refractivity contribution in [2.75, 3.05) is 26.2 Å². The van der Waals surface area contributed by atoms with E-state index < -0.39 is 6.10 Å². The Labute approximate surface area is 156 Å². The molecule has 26 heavy (non-hydrogen) atoms. The summed E-state index contributed by atoms with van der Waals surface area (Å²) < 4.78 is 1.93. The summed E-state index contributed by atoms with van der Waals surface area (Å²) >= 11 is 1.50. The predicted molar refractivity (Wildman–Crippen MR) is 97.9 cm³/mol. The molecule has 1 saturated heterocycles. The molecule has 0 spiro atoms. The number of rotatable bonds is 4. The highest BCUT2D eigenvalue weighted by Crippen LogP contribution is 2.25. The van der Waals surface area contributed by atoms with E-state index in [1.165, 1.54) is 11.3 Å². The molecule has 1 atom stereocenters. The van der Waals surface area contributed by atoms with Gasteiger partial charge in [-0.3, -0.25) is 14.4 Å². The summed E-state index contributed by atoms with van der Waals surface area (Å²) in [5, 5.41) is 25.2. The Morgan fingerprint density at radius 2 is 2.12 bits per heavy atom. The van der Waals surface area contributed by atoms with E-state index in [1.54, 1.807) is 0 Å².